The van der Waals surface area contributed by atoms with Crippen molar-refractivity contribution in [3.8, 4) is 0 Å². The van der Waals surface area contributed by atoms with Crippen LogP contribution in [0.5, 0.6) is 0 Å². The number of hydrogen-bond acceptors (Lipinski definition) is 2. The highest BCUT2D eigenvalue weighted by atomic mass is 16.5. The van der Waals surface area contributed by atoms with Crippen LogP contribution in [-0.2, 0) is 9.47 Å². The Morgan fingerprint density at radius 3 is 1.93 bits per heavy atom. The quantitative estimate of drug-likeness (QED) is 0.648. The predicted molar refractivity (Wildman–Crippen MR) is 65.1 cm³/mol. The van der Waals surface area contributed by atoms with E-state index in [2.05, 4.69) is 34.6 Å². The van der Waals surface area contributed by atoms with Gasteiger partial charge in [0.1, 0.15) is 0 Å². The lowest BCUT2D eigenvalue weighted by Gasteiger charge is -2.37. The van der Waals surface area contributed by atoms with Crippen LogP contribution >= 0.6 is 0 Å². The van der Waals surface area contributed by atoms with E-state index in [1.807, 2.05) is 0 Å². The molecule has 2 nitrogen and oxygen atoms in total. The Bertz CT molecular complexity index is 170. The van der Waals surface area contributed by atoms with Crippen LogP contribution in [0.2, 0.25) is 0 Å². The molecule has 0 fully saturated rings. The van der Waals surface area contributed by atoms with E-state index in [1.54, 1.807) is 14.2 Å². The fourth-order valence-corrected chi connectivity index (χ4v) is 2.02. The summed E-state index contributed by atoms with van der Waals surface area (Å²) in [6.45, 7) is 11.1. The smallest absolute Gasteiger partial charge is 0.0596 e. The van der Waals surface area contributed by atoms with Crippen molar-refractivity contribution in [2.45, 2.75) is 59.7 Å². The summed E-state index contributed by atoms with van der Waals surface area (Å²) in [4.78, 5) is 0. The molecule has 0 saturated carbocycles. The highest BCUT2D eigenvalue weighted by Gasteiger charge is 2.32. The maximum Gasteiger partial charge on any atom is 0.0596 e. The molecular formula is C13H28O2. The van der Waals surface area contributed by atoms with Gasteiger partial charge in [0, 0.05) is 14.2 Å². The van der Waals surface area contributed by atoms with Crippen molar-refractivity contribution in [3.05, 3.63) is 0 Å². The van der Waals surface area contributed by atoms with E-state index >= 15 is 0 Å². The molecule has 0 aliphatic heterocycles. The maximum atomic E-state index is 5.48. The second kappa shape index (κ2) is 6.49. The summed E-state index contributed by atoms with van der Waals surface area (Å²) in [6.07, 6.45) is 2.91. The standard InChI is InChI=1S/C13H28O2/c1-8-13(5,12(4)15-7)9-10(2)11(3)14-6/h10-12H,8-9H2,1-7H3. The summed E-state index contributed by atoms with van der Waals surface area (Å²) in [5, 5.41) is 0. The van der Waals surface area contributed by atoms with Crippen molar-refractivity contribution < 1.29 is 9.47 Å². The molecule has 0 bridgehead atoms. The van der Waals surface area contributed by atoms with Crippen molar-refractivity contribution in [2.75, 3.05) is 14.2 Å². The van der Waals surface area contributed by atoms with E-state index in [0.29, 0.717) is 18.1 Å². The largest absolute Gasteiger partial charge is 0.381 e. The SMILES string of the molecule is CCC(C)(CC(C)C(C)OC)C(C)OC. The Morgan fingerprint density at radius 1 is 1.07 bits per heavy atom. The molecule has 92 valence electrons. The Morgan fingerprint density at radius 2 is 1.60 bits per heavy atom. The van der Waals surface area contributed by atoms with E-state index in [4.69, 9.17) is 9.47 Å². The van der Waals surface area contributed by atoms with Crippen LogP contribution in [0.15, 0.2) is 0 Å². The summed E-state index contributed by atoms with van der Waals surface area (Å²) in [6, 6.07) is 0. The molecular weight excluding hydrogens is 188 g/mol. The van der Waals surface area contributed by atoms with Gasteiger partial charge in [0.05, 0.1) is 12.2 Å². The molecule has 0 spiro atoms. The molecule has 0 aromatic carbocycles. The Hall–Kier alpha value is -0.0800. The predicted octanol–water partition coefficient (Wildman–Crippen LogP) is 3.50. The van der Waals surface area contributed by atoms with Crippen LogP contribution < -0.4 is 0 Å². The average Bonchev–Trinajstić information content (AvgIpc) is 2.26. The van der Waals surface area contributed by atoms with Gasteiger partial charge in [0.2, 0.25) is 0 Å². The minimum Gasteiger partial charge on any atom is -0.381 e. The second-order valence-electron chi connectivity index (χ2n) is 5.01. The van der Waals surface area contributed by atoms with E-state index in [1.165, 1.54) is 0 Å². The van der Waals surface area contributed by atoms with Crippen molar-refractivity contribution in [3.63, 3.8) is 0 Å². The van der Waals surface area contributed by atoms with Crippen molar-refractivity contribution in [2.24, 2.45) is 11.3 Å². The van der Waals surface area contributed by atoms with Crippen LogP contribution in [-0.4, -0.2) is 26.4 Å². The molecule has 4 unspecified atom stereocenters. The van der Waals surface area contributed by atoms with Crippen LogP contribution in [0.3, 0.4) is 0 Å². The van der Waals surface area contributed by atoms with Gasteiger partial charge in [-0.2, -0.15) is 0 Å². The van der Waals surface area contributed by atoms with E-state index < -0.39 is 0 Å². The number of hydrogen-bond donors (Lipinski definition) is 0. The average molecular weight is 216 g/mol. The normalized spacial score (nSPS) is 21.8. The molecule has 0 aromatic heterocycles. The molecule has 0 radical (unpaired) electrons. The highest BCUT2D eigenvalue weighted by molar-refractivity contribution is 4.82. The summed E-state index contributed by atoms with van der Waals surface area (Å²) in [5.74, 6) is 0.567. The first-order valence-corrected chi connectivity index (χ1v) is 5.96. The van der Waals surface area contributed by atoms with Gasteiger partial charge in [-0.05, 0) is 38.0 Å². The highest BCUT2D eigenvalue weighted by Crippen LogP contribution is 2.36. The number of ether oxygens (including phenoxy) is 2. The monoisotopic (exact) mass is 216 g/mol. The summed E-state index contributed by atoms with van der Waals surface area (Å²) >= 11 is 0. The first kappa shape index (κ1) is 14.9. The Balaban J connectivity index is 4.42. The summed E-state index contributed by atoms with van der Waals surface area (Å²) in [7, 11) is 3.58. The zero-order valence-electron chi connectivity index (χ0n) is 11.5. The lowest BCUT2D eigenvalue weighted by molar-refractivity contribution is -0.0241. The topological polar surface area (TPSA) is 18.5 Å². The number of methoxy groups -OCH3 is 2. The van der Waals surface area contributed by atoms with Crippen molar-refractivity contribution >= 4 is 0 Å². The van der Waals surface area contributed by atoms with Crippen molar-refractivity contribution in [1.29, 1.82) is 0 Å². The zero-order valence-corrected chi connectivity index (χ0v) is 11.5. The van der Waals surface area contributed by atoms with Gasteiger partial charge < -0.3 is 9.47 Å². The molecule has 0 aliphatic carbocycles. The van der Waals surface area contributed by atoms with Gasteiger partial charge in [0.25, 0.3) is 0 Å². The second-order valence-corrected chi connectivity index (χ2v) is 5.01. The number of rotatable bonds is 7. The first-order chi connectivity index (χ1) is 6.91. The Labute approximate surface area is 95.3 Å². The molecule has 0 aliphatic rings. The molecule has 0 heterocycles. The minimum atomic E-state index is 0.251. The summed E-state index contributed by atoms with van der Waals surface area (Å²) in [5.41, 5.74) is 0.251. The maximum absolute atomic E-state index is 5.48. The van der Waals surface area contributed by atoms with Crippen LogP contribution in [0.25, 0.3) is 0 Å². The zero-order chi connectivity index (χ0) is 12.1. The third kappa shape index (κ3) is 4.12. The van der Waals surface area contributed by atoms with Crippen LogP contribution in [0.4, 0.5) is 0 Å². The molecule has 0 rings (SSSR count). The van der Waals surface area contributed by atoms with Crippen molar-refractivity contribution in [1.82, 2.24) is 0 Å². The first-order valence-electron chi connectivity index (χ1n) is 5.96. The van der Waals surface area contributed by atoms with Gasteiger partial charge in [-0.3, -0.25) is 0 Å². The Kier molecular flexibility index (Phi) is 6.46. The lowest BCUT2D eigenvalue weighted by Crippen LogP contribution is -2.35. The molecule has 15 heavy (non-hydrogen) atoms. The van der Waals surface area contributed by atoms with Gasteiger partial charge in [0.15, 0.2) is 0 Å². The molecule has 2 heteroatoms. The lowest BCUT2D eigenvalue weighted by atomic mass is 9.74. The van der Waals surface area contributed by atoms with E-state index in [0.717, 1.165) is 12.8 Å². The van der Waals surface area contributed by atoms with Crippen LogP contribution in [0.1, 0.15) is 47.5 Å². The molecule has 4 atom stereocenters. The third-order valence-corrected chi connectivity index (χ3v) is 4.10. The van der Waals surface area contributed by atoms with Gasteiger partial charge in [-0.1, -0.05) is 20.8 Å². The molecule has 0 amide bonds. The molecule has 0 aromatic rings. The molecule has 0 N–H and O–H groups in total. The van der Waals surface area contributed by atoms with Gasteiger partial charge in [-0.15, -0.1) is 0 Å². The van der Waals surface area contributed by atoms with E-state index in [-0.39, 0.29) is 5.41 Å². The third-order valence-electron chi connectivity index (χ3n) is 4.10. The van der Waals surface area contributed by atoms with Gasteiger partial charge >= 0.3 is 0 Å². The fraction of sp³-hybridized carbons (Fsp3) is 1.00. The minimum absolute atomic E-state index is 0.251. The van der Waals surface area contributed by atoms with Gasteiger partial charge in [-0.25, -0.2) is 0 Å². The molecule has 0 saturated heterocycles. The fourth-order valence-electron chi connectivity index (χ4n) is 2.02. The van der Waals surface area contributed by atoms with Crippen LogP contribution in [0, 0.1) is 11.3 Å². The summed E-state index contributed by atoms with van der Waals surface area (Å²) < 4.78 is 10.9. The van der Waals surface area contributed by atoms with E-state index in [9.17, 15) is 0 Å².